The van der Waals surface area contributed by atoms with Gasteiger partial charge in [0.05, 0.1) is 0 Å². The Kier molecular flexibility index (Phi) is 3.91. The van der Waals surface area contributed by atoms with Gasteiger partial charge in [0.1, 0.15) is 10.0 Å². The molecule has 0 aliphatic carbocycles. The highest BCUT2D eigenvalue weighted by molar-refractivity contribution is 7.89. The summed E-state index contributed by atoms with van der Waals surface area (Å²) in [5.74, 6) is 0. The van der Waals surface area contributed by atoms with Gasteiger partial charge in [0, 0.05) is 31.9 Å². The van der Waals surface area contributed by atoms with Gasteiger partial charge in [-0.25, -0.2) is 13.4 Å². The zero-order valence-corrected chi connectivity index (χ0v) is 11.9. The Morgan fingerprint density at radius 1 is 1.39 bits per heavy atom. The first-order valence-corrected chi connectivity index (χ1v) is 7.55. The summed E-state index contributed by atoms with van der Waals surface area (Å²) < 4.78 is 26.3. The molecule has 5 nitrogen and oxygen atoms in total. The molecule has 1 fully saturated rings. The maximum absolute atomic E-state index is 12.4. The summed E-state index contributed by atoms with van der Waals surface area (Å²) in [6.07, 6.45) is 1.31. The van der Waals surface area contributed by atoms with E-state index in [2.05, 4.69) is 9.88 Å². The summed E-state index contributed by atoms with van der Waals surface area (Å²) >= 11 is 5.66. The van der Waals surface area contributed by atoms with Crippen molar-refractivity contribution in [1.29, 1.82) is 0 Å². The molecule has 1 aliphatic rings. The topological polar surface area (TPSA) is 53.5 Å². The molecule has 2 heterocycles. The molecule has 1 aromatic rings. The minimum atomic E-state index is -3.45. The average Bonchev–Trinajstić information content (AvgIpc) is 2.33. The van der Waals surface area contributed by atoms with E-state index in [1.54, 1.807) is 0 Å². The number of pyridine rings is 1. The van der Waals surface area contributed by atoms with E-state index in [0.717, 1.165) is 6.54 Å². The monoisotopic (exact) mass is 289 g/mol. The highest BCUT2D eigenvalue weighted by Crippen LogP contribution is 2.19. The number of hydrogen-bond acceptors (Lipinski definition) is 4. The van der Waals surface area contributed by atoms with E-state index in [-0.39, 0.29) is 10.9 Å². The number of sulfonamides is 1. The molecule has 1 aliphatic heterocycles. The molecule has 18 heavy (non-hydrogen) atoms. The molecule has 0 radical (unpaired) electrons. The smallest absolute Gasteiger partial charge is 0.244 e. The lowest BCUT2D eigenvalue weighted by Crippen LogP contribution is -2.51. The lowest BCUT2D eigenvalue weighted by molar-refractivity contribution is 0.159. The fourth-order valence-corrected chi connectivity index (χ4v) is 3.47. The lowest BCUT2D eigenvalue weighted by atomic mass is 10.2. The van der Waals surface area contributed by atoms with Crippen LogP contribution in [0.2, 0.25) is 5.15 Å². The summed E-state index contributed by atoms with van der Waals surface area (Å²) in [5, 5.41) is 0.292. The number of halogens is 1. The van der Waals surface area contributed by atoms with Gasteiger partial charge in [-0.05, 0) is 26.1 Å². The summed E-state index contributed by atoms with van der Waals surface area (Å²) in [7, 11) is -1.45. The van der Waals surface area contributed by atoms with Crippen molar-refractivity contribution >= 4 is 21.6 Å². The number of rotatable bonds is 2. The predicted octanol–water partition coefficient (Wildman–Crippen LogP) is 1.06. The summed E-state index contributed by atoms with van der Waals surface area (Å²) in [5.41, 5.74) is 0. The van der Waals surface area contributed by atoms with Crippen LogP contribution in [0.3, 0.4) is 0 Å². The van der Waals surface area contributed by atoms with Gasteiger partial charge in [0.25, 0.3) is 0 Å². The van der Waals surface area contributed by atoms with Crippen molar-refractivity contribution in [3.8, 4) is 0 Å². The molecule has 0 spiro atoms. The van der Waals surface area contributed by atoms with Gasteiger partial charge < -0.3 is 4.90 Å². The molecule has 1 unspecified atom stereocenters. The van der Waals surface area contributed by atoms with Gasteiger partial charge in [-0.3, -0.25) is 0 Å². The fraction of sp³-hybridized carbons (Fsp3) is 0.545. The molecule has 1 atom stereocenters. The van der Waals surface area contributed by atoms with Crippen LogP contribution in [0, 0.1) is 0 Å². The molecule has 0 bridgehead atoms. The molecule has 7 heteroatoms. The molecule has 1 saturated heterocycles. The fourth-order valence-electron chi connectivity index (χ4n) is 1.90. The minimum Gasteiger partial charge on any atom is -0.301 e. The van der Waals surface area contributed by atoms with E-state index in [4.69, 9.17) is 11.6 Å². The van der Waals surface area contributed by atoms with Crippen molar-refractivity contribution in [3.63, 3.8) is 0 Å². The van der Waals surface area contributed by atoms with Gasteiger partial charge in [0.15, 0.2) is 0 Å². The largest absolute Gasteiger partial charge is 0.301 e. The van der Waals surface area contributed by atoms with Crippen LogP contribution >= 0.6 is 11.6 Å². The Labute approximate surface area is 112 Å². The number of nitrogens with zero attached hydrogens (tertiary/aromatic N) is 3. The first-order chi connectivity index (χ1) is 8.41. The Morgan fingerprint density at radius 2 is 2.11 bits per heavy atom. The van der Waals surface area contributed by atoms with Gasteiger partial charge in [0.2, 0.25) is 10.0 Å². The van der Waals surface area contributed by atoms with Crippen LogP contribution in [0.15, 0.2) is 23.2 Å². The third kappa shape index (κ3) is 2.66. The molecular weight excluding hydrogens is 274 g/mol. The number of aromatic nitrogens is 1. The second-order valence-electron chi connectivity index (χ2n) is 4.51. The van der Waals surface area contributed by atoms with E-state index in [0.29, 0.717) is 18.2 Å². The zero-order valence-electron chi connectivity index (χ0n) is 10.4. The Morgan fingerprint density at radius 3 is 2.67 bits per heavy atom. The number of piperazine rings is 1. The zero-order chi connectivity index (χ0) is 13.3. The third-order valence-corrected chi connectivity index (χ3v) is 5.33. The highest BCUT2D eigenvalue weighted by atomic mass is 35.5. The summed E-state index contributed by atoms with van der Waals surface area (Å²) in [4.78, 5) is 6.17. The second-order valence-corrected chi connectivity index (χ2v) is 6.83. The lowest BCUT2D eigenvalue weighted by Gasteiger charge is -2.36. The van der Waals surface area contributed by atoms with Crippen LogP contribution in [0.4, 0.5) is 0 Å². The molecular formula is C11H16ClN3O2S. The molecule has 0 amide bonds. The van der Waals surface area contributed by atoms with E-state index in [1.165, 1.54) is 22.6 Å². The van der Waals surface area contributed by atoms with E-state index >= 15 is 0 Å². The quantitative estimate of drug-likeness (QED) is 0.764. The molecule has 0 saturated carbocycles. The van der Waals surface area contributed by atoms with Crippen LogP contribution in [-0.2, 0) is 10.0 Å². The van der Waals surface area contributed by atoms with Crippen LogP contribution in [0.1, 0.15) is 6.92 Å². The van der Waals surface area contributed by atoms with Crippen LogP contribution < -0.4 is 0 Å². The standard InChI is InChI=1S/C11H16ClN3O2S/c1-9-8-15(6-5-14(9)2)18(16,17)10-3-4-11(12)13-7-10/h3-4,7,9H,5-6,8H2,1-2H3. The van der Waals surface area contributed by atoms with E-state index in [9.17, 15) is 8.42 Å². The van der Waals surface area contributed by atoms with Crippen molar-refractivity contribution in [3.05, 3.63) is 23.5 Å². The van der Waals surface area contributed by atoms with Crippen LogP contribution in [0.5, 0.6) is 0 Å². The number of hydrogen-bond donors (Lipinski definition) is 0. The first kappa shape index (κ1) is 13.7. The highest BCUT2D eigenvalue weighted by Gasteiger charge is 2.30. The van der Waals surface area contributed by atoms with Crippen molar-refractivity contribution in [2.24, 2.45) is 0 Å². The van der Waals surface area contributed by atoms with Gasteiger partial charge in [-0.2, -0.15) is 4.31 Å². The second kappa shape index (κ2) is 5.13. The third-order valence-electron chi connectivity index (χ3n) is 3.26. The Bertz CT molecular complexity index is 518. The summed E-state index contributed by atoms with van der Waals surface area (Å²) in [6.45, 7) is 3.76. The SMILES string of the molecule is CC1CN(S(=O)(=O)c2ccc(Cl)nc2)CCN1C. The molecule has 1 aromatic heterocycles. The Balaban J connectivity index is 2.24. The molecule has 2 rings (SSSR count). The van der Waals surface area contributed by atoms with Gasteiger partial charge >= 0.3 is 0 Å². The van der Waals surface area contributed by atoms with E-state index in [1.807, 2.05) is 14.0 Å². The first-order valence-electron chi connectivity index (χ1n) is 5.73. The van der Waals surface area contributed by atoms with Crippen molar-refractivity contribution in [2.75, 3.05) is 26.7 Å². The van der Waals surface area contributed by atoms with E-state index < -0.39 is 10.0 Å². The summed E-state index contributed by atoms with van der Waals surface area (Å²) in [6, 6.07) is 3.20. The molecule has 0 N–H and O–H groups in total. The van der Waals surface area contributed by atoms with Gasteiger partial charge in [-0.1, -0.05) is 11.6 Å². The molecule has 100 valence electrons. The number of likely N-dealkylation sites (N-methyl/N-ethyl adjacent to an activating group) is 1. The predicted molar refractivity (Wildman–Crippen MR) is 70.1 cm³/mol. The van der Waals surface area contributed by atoms with Crippen molar-refractivity contribution in [2.45, 2.75) is 17.9 Å². The van der Waals surface area contributed by atoms with Crippen molar-refractivity contribution < 1.29 is 8.42 Å². The van der Waals surface area contributed by atoms with Crippen LogP contribution in [0.25, 0.3) is 0 Å². The maximum atomic E-state index is 12.4. The minimum absolute atomic E-state index is 0.198. The Hall–Kier alpha value is -0.690. The van der Waals surface area contributed by atoms with Gasteiger partial charge in [-0.15, -0.1) is 0 Å². The van der Waals surface area contributed by atoms with Crippen LogP contribution in [-0.4, -0.2) is 55.3 Å². The average molecular weight is 290 g/mol. The van der Waals surface area contributed by atoms with Crippen molar-refractivity contribution in [1.82, 2.24) is 14.2 Å². The maximum Gasteiger partial charge on any atom is 0.244 e. The molecule has 0 aromatic carbocycles. The normalized spacial score (nSPS) is 23.2.